The molecule has 4 heteroatoms. The molecule has 0 saturated carbocycles. The van der Waals surface area contributed by atoms with E-state index in [9.17, 15) is 0 Å². The standard InChI is InChI=1S/C50H31N3S/c1-4-14-32(15-5-1)36-26-29-44-41(30-36)46-38-20-10-11-21-39(38)49-47(40-22-12-13-23-45(40)54-49)48(46)53(44)37-27-24-35(25-28-37)50-51-42(33-16-6-2-7-17-33)31-43(52-50)34-18-8-3-9-19-34/h1-31H. The molecule has 3 aromatic heterocycles. The third-order valence-corrected chi connectivity index (χ3v) is 11.8. The van der Waals surface area contributed by atoms with Gasteiger partial charge in [0.25, 0.3) is 0 Å². The number of thiophene rings is 1. The zero-order valence-electron chi connectivity index (χ0n) is 29.1. The van der Waals surface area contributed by atoms with Crippen molar-refractivity contribution in [1.29, 1.82) is 0 Å². The Morgan fingerprint density at radius 3 is 1.61 bits per heavy atom. The van der Waals surface area contributed by atoms with Crippen molar-refractivity contribution in [2.24, 2.45) is 0 Å². The van der Waals surface area contributed by atoms with E-state index >= 15 is 0 Å². The van der Waals surface area contributed by atoms with Gasteiger partial charge >= 0.3 is 0 Å². The van der Waals surface area contributed by atoms with Crippen LogP contribution in [0.3, 0.4) is 0 Å². The van der Waals surface area contributed by atoms with E-state index in [1.165, 1.54) is 63.9 Å². The fourth-order valence-corrected chi connectivity index (χ4v) is 9.34. The first-order valence-electron chi connectivity index (χ1n) is 18.2. The minimum absolute atomic E-state index is 0.702. The number of hydrogen-bond donors (Lipinski definition) is 0. The van der Waals surface area contributed by atoms with Gasteiger partial charge in [-0.05, 0) is 65.0 Å². The van der Waals surface area contributed by atoms with Gasteiger partial charge in [0.1, 0.15) is 0 Å². The topological polar surface area (TPSA) is 30.7 Å². The Morgan fingerprint density at radius 1 is 0.389 bits per heavy atom. The van der Waals surface area contributed by atoms with Crippen LogP contribution in [0, 0.1) is 0 Å². The predicted molar refractivity (Wildman–Crippen MR) is 229 cm³/mol. The number of nitrogens with zero attached hydrogens (tertiary/aromatic N) is 3. The van der Waals surface area contributed by atoms with Gasteiger partial charge in [0.2, 0.25) is 0 Å². The van der Waals surface area contributed by atoms with Crippen LogP contribution in [0.15, 0.2) is 188 Å². The van der Waals surface area contributed by atoms with E-state index in [4.69, 9.17) is 9.97 Å². The van der Waals surface area contributed by atoms with Gasteiger partial charge in [-0.2, -0.15) is 0 Å². The van der Waals surface area contributed by atoms with Crippen molar-refractivity contribution >= 4 is 64.1 Å². The minimum atomic E-state index is 0.702. The first-order chi connectivity index (χ1) is 26.8. The average Bonchev–Trinajstić information content (AvgIpc) is 3.81. The summed E-state index contributed by atoms with van der Waals surface area (Å²) < 4.78 is 5.10. The molecule has 0 amide bonds. The van der Waals surface area contributed by atoms with Gasteiger partial charge in [-0.1, -0.05) is 140 Å². The third-order valence-electron chi connectivity index (χ3n) is 10.6. The molecule has 11 aromatic rings. The molecule has 0 N–H and O–H groups in total. The van der Waals surface area contributed by atoms with Crippen LogP contribution in [0.4, 0.5) is 0 Å². The molecule has 0 aliphatic rings. The normalized spacial score (nSPS) is 11.7. The van der Waals surface area contributed by atoms with Gasteiger partial charge < -0.3 is 4.57 Å². The van der Waals surface area contributed by atoms with Crippen LogP contribution in [0.25, 0.3) is 103 Å². The Balaban J connectivity index is 1.18. The highest BCUT2D eigenvalue weighted by Crippen LogP contribution is 2.48. The van der Waals surface area contributed by atoms with Crippen molar-refractivity contribution in [3.63, 3.8) is 0 Å². The van der Waals surface area contributed by atoms with E-state index in [2.05, 4.69) is 180 Å². The van der Waals surface area contributed by atoms with Gasteiger partial charge in [0, 0.05) is 58.7 Å². The van der Waals surface area contributed by atoms with E-state index in [0.29, 0.717) is 5.82 Å². The average molecular weight is 706 g/mol. The summed E-state index contributed by atoms with van der Waals surface area (Å²) in [6, 6.07) is 67.0. The van der Waals surface area contributed by atoms with Crippen molar-refractivity contribution in [3.8, 4) is 50.7 Å². The van der Waals surface area contributed by atoms with E-state index in [1.807, 2.05) is 23.5 Å². The van der Waals surface area contributed by atoms with Crippen molar-refractivity contribution in [2.45, 2.75) is 0 Å². The van der Waals surface area contributed by atoms with E-state index in [-0.39, 0.29) is 0 Å². The van der Waals surface area contributed by atoms with Gasteiger partial charge in [0.15, 0.2) is 5.82 Å². The molecule has 0 aliphatic heterocycles. The molecule has 0 unspecified atom stereocenters. The van der Waals surface area contributed by atoms with Crippen LogP contribution in [-0.4, -0.2) is 14.5 Å². The zero-order chi connectivity index (χ0) is 35.6. The molecule has 3 nitrogen and oxygen atoms in total. The summed E-state index contributed by atoms with van der Waals surface area (Å²) in [5.41, 5.74) is 10.8. The fourth-order valence-electron chi connectivity index (χ4n) is 8.10. The summed E-state index contributed by atoms with van der Waals surface area (Å²) in [4.78, 5) is 10.2. The number of benzene rings is 8. The SMILES string of the molecule is c1ccc(-c2ccc3c(c2)c2c4ccccc4c4sc5ccccc5c4c2n3-c2ccc(-c3nc(-c4ccccc4)cc(-c4ccccc4)n3)cc2)cc1. The Kier molecular flexibility index (Phi) is 7.04. The second kappa shape index (κ2) is 12.4. The molecule has 11 rings (SSSR count). The van der Waals surface area contributed by atoms with Crippen molar-refractivity contribution < 1.29 is 0 Å². The highest BCUT2D eigenvalue weighted by atomic mass is 32.1. The lowest BCUT2D eigenvalue weighted by Crippen LogP contribution is -1.97. The van der Waals surface area contributed by atoms with E-state index < -0.39 is 0 Å². The van der Waals surface area contributed by atoms with Crippen LogP contribution in [0.5, 0.6) is 0 Å². The van der Waals surface area contributed by atoms with Gasteiger partial charge in [-0.25, -0.2) is 9.97 Å². The van der Waals surface area contributed by atoms with Crippen LogP contribution < -0.4 is 0 Å². The number of fused-ring (bicyclic) bond motifs is 10. The quantitative estimate of drug-likeness (QED) is 0.178. The minimum Gasteiger partial charge on any atom is -0.309 e. The molecule has 54 heavy (non-hydrogen) atoms. The highest BCUT2D eigenvalue weighted by molar-refractivity contribution is 7.27. The largest absolute Gasteiger partial charge is 0.309 e. The van der Waals surface area contributed by atoms with Gasteiger partial charge in [0.05, 0.1) is 22.4 Å². The number of rotatable bonds is 5. The first-order valence-corrected chi connectivity index (χ1v) is 19.1. The van der Waals surface area contributed by atoms with Crippen LogP contribution in [0.2, 0.25) is 0 Å². The maximum Gasteiger partial charge on any atom is 0.160 e. The van der Waals surface area contributed by atoms with Crippen molar-refractivity contribution in [3.05, 3.63) is 188 Å². The van der Waals surface area contributed by atoms with Crippen LogP contribution in [0.1, 0.15) is 0 Å². The Hall–Kier alpha value is -6.88. The molecule has 0 atom stereocenters. The van der Waals surface area contributed by atoms with Gasteiger partial charge in [-0.3, -0.25) is 0 Å². The predicted octanol–water partition coefficient (Wildman–Crippen LogP) is 13.8. The summed E-state index contributed by atoms with van der Waals surface area (Å²) in [5.74, 6) is 0.702. The summed E-state index contributed by atoms with van der Waals surface area (Å²) in [6.45, 7) is 0. The summed E-state index contributed by atoms with van der Waals surface area (Å²) in [7, 11) is 0. The van der Waals surface area contributed by atoms with E-state index in [1.54, 1.807) is 0 Å². The first kappa shape index (κ1) is 30.7. The second-order valence-corrected chi connectivity index (χ2v) is 14.8. The molecule has 0 radical (unpaired) electrons. The number of hydrogen-bond acceptors (Lipinski definition) is 3. The smallest absolute Gasteiger partial charge is 0.160 e. The molecule has 0 bridgehead atoms. The number of aromatic nitrogens is 3. The Morgan fingerprint density at radius 2 is 0.944 bits per heavy atom. The zero-order valence-corrected chi connectivity index (χ0v) is 30.0. The molecule has 0 aliphatic carbocycles. The molecular formula is C50H31N3S. The van der Waals surface area contributed by atoms with Crippen LogP contribution in [-0.2, 0) is 0 Å². The molecule has 0 fully saturated rings. The molecule has 252 valence electrons. The monoisotopic (exact) mass is 705 g/mol. The maximum atomic E-state index is 5.12. The fraction of sp³-hybridized carbons (Fsp3) is 0. The molecule has 0 saturated heterocycles. The lowest BCUT2D eigenvalue weighted by Gasteiger charge is -2.12. The van der Waals surface area contributed by atoms with E-state index in [0.717, 1.165) is 33.8 Å². The maximum absolute atomic E-state index is 5.12. The summed E-state index contributed by atoms with van der Waals surface area (Å²) in [5, 5.41) is 7.69. The molecule has 8 aromatic carbocycles. The lowest BCUT2D eigenvalue weighted by atomic mass is 9.98. The van der Waals surface area contributed by atoms with Gasteiger partial charge in [-0.15, -0.1) is 11.3 Å². The van der Waals surface area contributed by atoms with Crippen molar-refractivity contribution in [1.82, 2.24) is 14.5 Å². The molecular weight excluding hydrogens is 675 g/mol. The molecule has 3 heterocycles. The summed E-state index contributed by atoms with van der Waals surface area (Å²) >= 11 is 1.89. The summed E-state index contributed by atoms with van der Waals surface area (Å²) in [6.07, 6.45) is 0. The Bertz CT molecular complexity index is 3120. The highest BCUT2D eigenvalue weighted by Gasteiger charge is 2.22. The second-order valence-electron chi connectivity index (χ2n) is 13.7. The van der Waals surface area contributed by atoms with Crippen molar-refractivity contribution in [2.75, 3.05) is 0 Å². The third kappa shape index (κ3) is 4.88. The van der Waals surface area contributed by atoms with Crippen LogP contribution >= 0.6 is 11.3 Å². The lowest BCUT2D eigenvalue weighted by molar-refractivity contribution is 1.17. The Labute approximate surface area is 316 Å². The molecule has 0 spiro atoms.